The number of hydrogen-bond donors (Lipinski definition) is 0. The molecule has 0 aliphatic heterocycles. The zero-order valence-electron chi connectivity index (χ0n) is 7.97. The Labute approximate surface area is 78.6 Å². The van der Waals surface area contributed by atoms with Crippen LogP contribution in [0, 0.1) is 11.8 Å². The molecule has 0 amide bonds. The minimum absolute atomic E-state index is 0.0949. The van der Waals surface area contributed by atoms with Crippen molar-refractivity contribution in [2.45, 2.75) is 18.5 Å². The summed E-state index contributed by atoms with van der Waals surface area (Å²) >= 11 is 0. The Balaban J connectivity index is 2.18. The van der Waals surface area contributed by atoms with Crippen LogP contribution in [0.25, 0.3) is 0 Å². The van der Waals surface area contributed by atoms with Crippen LogP contribution in [0.2, 0.25) is 0 Å². The van der Waals surface area contributed by atoms with Gasteiger partial charge in [0.2, 0.25) is 0 Å². The summed E-state index contributed by atoms with van der Waals surface area (Å²) < 4.78 is 22.1. The molecular weight excluding hydrogens is 187 g/mol. The molecule has 0 radical (unpaired) electrons. The van der Waals surface area contributed by atoms with E-state index in [2.05, 4.69) is 12.2 Å². The molecule has 3 nitrogen and oxygen atoms in total. The Morgan fingerprint density at radius 2 is 1.92 bits per heavy atom. The van der Waals surface area contributed by atoms with Gasteiger partial charge >= 0.3 is 7.60 Å². The van der Waals surface area contributed by atoms with Gasteiger partial charge in [-0.05, 0) is 24.7 Å². The summed E-state index contributed by atoms with van der Waals surface area (Å²) in [5.74, 6) is 1.02. The van der Waals surface area contributed by atoms with Gasteiger partial charge in [0.1, 0.15) is 0 Å². The van der Waals surface area contributed by atoms with Crippen LogP contribution >= 0.6 is 7.60 Å². The van der Waals surface area contributed by atoms with Gasteiger partial charge in [0, 0.05) is 14.2 Å². The van der Waals surface area contributed by atoms with Gasteiger partial charge in [-0.15, -0.1) is 0 Å². The Bertz CT molecular complexity index is 266. The Hall–Kier alpha value is -0.110. The molecule has 0 unspecified atom stereocenters. The first-order valence-electron chi connectivity index (χ1n) is 4.59. The van der Waals surface area contributed by atoms with Crippen LogP contribution in [-0.2, 0) is 13.6 Å². The maximum absolute atomic E-state index is 12.1. The lowest BCUT2D eigenvalue weighted by Crippen LogP contribution is -2.16. The average molecular weight is 202 g/mol. The van der Waals surface area contributed by atoms with E-state index in [1.165, 1.54) is 14.2 Å². The van der Waals surface area contributed by atoms with Crippen molar-refractivity contribution < 1.29 is 13.6 Å². The van der Waals surface area contributed by atoms with E-state index < -0.39 is 7.60 Å². The molecule has 2 aliphatic carbocycles. The quantitative estimate of drug-likeness (QED) is 0.520. The second-order valence-electron chi connectivity index (χ2n) is 3.75. The van der Waals surface area contributed by atoms with Gasteiger partial charge in [-0.25, -0.2) is 0 Å². The molecule has 1 fully saturated rings. The van der Waals surface area contributed by atoms with Crippen molar-refractivity contribution in [1.29, 1.82) is 0 Å². The van der Waals surface area contributed by atoms with Crippen molar-refractivity contribution in [3.8, 4) is 0 Å². The maximum Gasteiger partial charge on any atom is 0.333 e. The summed E-state index contributed by atoms with van der Waals surface area (Å²) in [5, 5.41) is 0. The highest BCUT2D eigenvalue weighted by molar-refractivity contribution is 7.54. The Kier molecular flexibility index (Phi) is 2.35. The highest BCUT2D eigenvalue weighted by Crippen LogP contribution is 2.62. The van der Waals surface area contributed by atoms with Crippen LogP contribution in [-0.4, -0.2) is 19.9 Å². The molecule has 1 saturated carbocycles. The molecule has 2 aliphatic rings. The summed E-state index contributed by atoms with van der Waals surface area (Å²) in [6.45, 7) is 0. The third-order valence-corrected chi connectivity index (χ3v) is 5.58. The molecule has 2 bridgehead atoms. The van der Waals surface area contributed by atoms with Crippen molar-refractivity contribution in [2.24, 2.45) is 11.8 Å². The maximum atomic E-state index is 12.1. The van der Waals surface area contributed by atoms with Crippen LogP contribution in [0.3, 0.4) is 0 Å². The number of allylic oxidation sites excluding steroid dienone is 2. The first-order valence-corrected chi connectivity index (χ1v) is 6.20. The Morgan fingerprint density at radius 3 is 2.31 bits per heavy atom. The first-order chi connectivity index (χ1) is 6.19. The van der Waals surface area contributed by atoms with E-state index in [0.717, 1.165) is 12.8 Å². The van der Waals surface area contributed by atoms with Gasteiger partial charge in [-0.2, -0.15) is 0 Å². The van der Waals surface area contributed by atoms with E-state index in [-0.39, 0.29) is 5.66 Å². The van der Waals surface area contributed by atoms with Gasteiger partial charge in [0.05, 0.1) is 5.66 Å². The van der Waals surface area contributed by atoms with E-state index >= 15 is 0 Å². The predicted molar refractivity (Wildman–Crippen MR) is 50.8 cm³/mol. The molecule has 0 aromatic carbocycles. The second kappa shape index (κ2) is 3.23. The minimum Gasteiger partial charge on any atom is -0.312 e. The Morgan fingerprint density at radius 1 is 1.23 bits per heavy atom. The van der Waals surface area contributed by atoms with Crippen LogP contribution in [0.15, 0.2) is 12.2 Å². The largest absolute Gasteiger partial charge is 0.333 e. The summed E-state index contributed by atoms with van der Waals surface area (Å²) in [7, 11) is 0.122. The minimum atomic E-state index is -2.82. The summed E-state index contributed by atoms with van der Waals surface area (Å²) in [6, 6.07) is 0. The smallest absolute Gasteiger partial charge is 0.312 e. The average Bonchev–Trinajstić information content (AvgIpc) is 2.77. The molecule has 0 N–H and O–H groups in total. The fraction of sp³-hybridized carbons (Fsp3) is 0.778. The predicted octanol–water partition coefficient (Wildman–Crippen LogP) is 2.44. The molecule has 4 heteroatoms. The van der Waals surface area contributed by atoms with Crippen molar-refractivity contribution in [3.63, 3.8) is 0 Å². The lowest BCUT2D eigenvalue weighted by Gasteiger charge is -2.25. The van der Waals surface area contributed by atoms with E-state index in [9.17, 15) is 4.57 Å². The first kappa shape index (κ1) is 9.45. The molecule has 0 aromatic heterocycles. The van der Waals surface area contributed by atoms with Crippen molar-refractivity contribution >= 4 is 7.60 Å². The molecule has 0 heterocycles. The molecule has 0 spiro atoms. The number of hydrogen-bond acceptors (Lipinski definition) is 3. The zero-order valence-corrected chi connectivity index (χ0v) is 8.87. The normalized spacial score (nSPS) is 37.2. The van der Waals surface area contributed by atoms with Gasteiger partial charge in [-0.3, -0.25) is 4.57 Å². The molecule has 3 atom stereocenters. The summed E-state index contributed by atoms with van der Waals surface area (Å²) in [5.41, 5.74) is 0.0949. The lowest BCUT2D eigenvalue weighted by molar-refractivity contribution is 0.260. The van der Waals surface area contributed by atoms with Crippen molar-refractivity contribution in [3.05, 3.63) is 12.2 Å². The van der Waals surface area contributed by atoms with Gasteiger partial charge < -0.3 is 9.05 Å². The van der Waals surface area contributed by atoms with E-state index in [4.69, 9.17) is 9.05 Å². The number of rotatable bonds is 3. The fourth-order valence-electron chi connectivity index (χ4n) is 2.46. The van der Waals surface area contributed by atoms with Gasteiger partial charge in [0.15, 0.2) is 0 Å². The zero-order chi connectivity index (χ0) is 9.47. The molecule has 0 aromatic rings. The SMILES string of the molecule is COP(=O)(OC)[C@H]1C[C@@H]2C=C[C@H]1C2. The van der Waals surface area contributed by atoms with Gasteiger partial charge in [0.25, 0.3) is 0 Å². The van der Waals surface area contributed by atoms with E-state index in [1.54, 1.807) is 0 Å². The standard InChI is InChI=1S/C9H15O3P/c1-11-13(10,12-2)9-6-7-3-4-8(9)5-7/h3-4,7-9H,5-6H2,1-2H3/t7-,8+,9+/m1/s1. The second-order valence-corrected chi connectivity index (χ2v) is 6.23. The molecular formula is C9H15O3P. The topological polar surface area (TPSA) is 35.5 Å². The van der Waals surface area contributed by atoms with Crippen LogP contribution in [0.5, 0.6) is 0 Å². The molecule has 2 rings (SSSR count). The summed E-state index contributed by atoms with van der Waals surface area (Å²) in [4.78, 5) is 0. The monoisotopic (exact) mass is 202 g/mol. The third kappa shape index (κ3) is 1.39. The number of fused-ring (bicyclic) bond motifs is 2. The third-order valence-electron chi connectivity index (χ3n) is 3.16. The lowest BCUT2D eigenvalue weighted by atomic mass is 10.1. The van der Waals surface area contributed by atoms with E-state index in [1.807, 2.05) is 0 Å². The highest BCUT2D eigenvalue weighted by atomic mass is 31.2. The van der Waals surface area contributed by atoms with E-state index in [0.29, 0.717) is 11.8 Å². The molecule has 0 saturated heterocycles. The van der Waals surface area contributed by atoms with Crippen molar-refractivity contribution in [2.75, 3.05) is 14.2 Å². The van der Waals surface area contributed by atoms with Gasteiger partial charge in [-0.1, -0.05) is 12.2 Å². The molecule has 74 valence electrons. The molecule has 13 heavy (non-hydrogen) atoms. The van der Waals surface area contributed by atoms with Crippen molar-refractivity contribution in [1.82, 2.24) is 0 Å². The van der Waals surface area contributed by atoms with Crippen LogP contribution in [0.1, 0.15) is 12.8 Å². The fourth-order valence-corrected chi connectivity index (χ4v) is 4.37. The summed E-state index contributed by atoms with van der Waals surface area (Å²) in [6.07, 6.45) is 6.46. The highest BCUT2D eigenvalue weighted by Gasteiger charge is 2.47. The van der Waals surface area contributed by atoms with Crippen LogP contribution < -0.4 is 0 Å². The van der Waals surface area contributed by atoms with Crippen LogP contribution in [0.4, 0.5) is 0 Å².